The molecule has 18 heavy (non-hydrogen) atoms. The highest BCUT2D eigenvalue weighted by molar-refractivity contribution is 9.10. The van der Waals surface area contributed by atoms with Crippen LogP contribution in [0.3, 0.4) is 0 Å². The van der Waals surface area contributed by atoms with E-state index in [9.17, 15) is 0 Å². The SMILES string of the molecule is CCC(N)Cc1ccc(-n2cc(Br)cn2)c(Br)c1. The van der Waals surface area contributed by atoms with E-state index in [2.05, 4.69) is 62.1 Å². The molecule has 1 heterocycles. The van der Waals surface area contributed by atoms with Gasteiger partial charge in [0.05, 0.1) is 16.4 Å². The number of nitrogens with zero attached hydrogens (tertiary/aromatic N) is 2. The Morgan fingerprint density at radius 2 is 2.17 bits per heavy atom. The molecule has 5 heteroatoms. The minimum absolute atomic E-state index is 0.224. The molecule has 0 aliphatic heterocycles. The molecule has 2 aromatic rings. The van der Waals surface area contributed by atoms with Gasteiger partial charge in [0.1, 0.15) is 0 Å². The Morgan fingerprint density at radius 3 is 2.72 bits per heavy atom. The Hall–Kier alpha value is -0.650. The van der Waals surface area contributed by atoms with Gasteiger partial charge in [-0.2, -0.15) is 5.10 Å². The molecule has 1 atom stereocenters. The van der Waals surface area contributed by atoms with Crippen molar-refractivity contribution in [3.8, 4) is 5.69 Å². The standard InChI is InChI=1S/C13H15Br2N3/c1-2-11(16)5-9-3-4-13(12(15)6-9)18-8-10(14)7-17-18/h3-4,6-8,11H,2,5,16H2,1H3. The Labute approximate surface area is 124 Å². The number of rotatable bonds is 4. The van der Waals surface area contributed by atoms with E-state index < -0.39 is 0 Å². The molecule has 0 aliphatic rings. The Kier molecular flexibility index (Phi) is 4.59. The zero-order valence-corrected chi connectivity index (χ0v) is 13.3. The predicted octanol–water partition coefficient (Wildman–Crippen LogP) is 3.68. The van der Waals surface area contributed by atoms with E-state index in [4.69, 9.17) is 5.73 Å². The van der Waals surface area contributed by atoms with E-state index in [0.29, 0.717) is 0 Å². The predicted molar refractivity (Wildman–Crippen MR) is 80.9 cm³/mol. The average Bonchev–Trinajstić information content (AvgIpc) is 2.75. The molecule has 0 fully saturated rings. The third-order valence-electron chi connectivity index (χ3n) is 2.83. The highest BCUT2D eigenvalue weighted by atomic mass is 79.9. The fraction of sp³-hybridized carbons (Fsp3) is 0.308. The van der Waals surface area contributed by atoms with Crippen molar-refractivity contribution in [2.45, 2.75) is 25.8 Å². The largest absolute Gasteiger partial charge is 0.327 e. The molecular formula is C13H15Br2N3. The molecule has 0 saturated carbocycles. The molecule has 0 saturated heterocycles. The Morgan fingerprint density at radius 1 is 1.39 bits per heavy atom. The number of halogens is 2. The van der Waals surface area contributed by atoms with Crippen molar-refractivity contribution in [2.24, 2.45) is 5.73 Å². The van der Waals surface area contributed by atoms with E-state index in [1.807, 2.05) is 10.9 Å². The lowest BCUT2D eigenvalue weighted by Crippen LogP contribution is -2.21. The van der Waals surface area contributed by atoms with E-state index >= 15 is 0 Å². The lowest BCUT2D eigenvalue weighted by atomic mass is 10.0. The molecule has 2 rings (SSSR count). The van der Waals surface area contributed by atoms with Crippen LogP contribution < -0.4 is 5.73 Å². The summed E-state index contributed by atoms with van der Waals surface area (Å²) in [6, 6.07) is 6.49. The molecule has 0 spiro atoms. The van der Waals surface area contributed by atoms with Crippen LogP contribution in [0.15, 0.2) is 39.5 Å². The summed E-state index contributed by atoms with van der Waals surface area (Å²) in [5, 5.41) is 4.27. The number of benzene rings is 1. The lowest BCUT2D eigenvalue weighted by Gasteiger charge is -2.11. The lowest BCUT2D eigenvalue weighted by molar-refractivity contribution is 0.646. The summed E-state index contributed by atoms with van der Waals surface area (Å²) in [5.41, 5.74) is 8.23. The third-order valence-corrected chi connectivity index (χ3v) is 3.88. The highest BCUT2D eigenvalue weighted by Crippen LogP contribution is 2.24. The van der Waals surface area contributed by atoms with E-state index in [1.165, 1.54) is 5.56 Å². The van der Waals surface area contributed by atoms with Crippen molar-refractivity contribution in [1.82, 2.24) is 9.78 Å². The molecule has 1 aromatic heterocycles. The Bertz CT molecular complexity index is 537. The van der Waals surface area contributed by atoms with Crippen molar-refractivity contribution < 1.29 is 0 Å². The van der Waals surface area contributed by atoms with Gasteiger partial charge in [-0.1, -0.05) is 13.0 Å². The quantitative estimate of drug-likeness (QED) is 0.889. The molecular weight excluding hydrogens is 358 g/mol. The normalized spacial score (nSPS) is 12.7. The van der Waals surface area contributed by atoms with Crippen LogP contribution in [0.25, 0.3) is 5.69 Å². The van der Waals surface area contributed by atoms with Crippen LogP contribution in [0.2, 0.25) is 0 Å². The fourth-order valence-corrected chi connectivity index (χ4v) is 2.64. The van der Waals surface area contributed by atoms with Crippen LogP contribution >= 0.6 is 31.9 Å². The minimum atomic E-state index is 0.224. The summed E-state index contributed by atoms with van der Waals surface area (Å²) < 4.78 is 3.82. The van der Waals surface area contributed by atoms with Crippen molar-refractivity contribution in [2.75, 3.05) is 0 Å². The molecule has 1 unspecified atom stereocenters. The average molecular weight is 373 g/mol. The van der Waals surface area contributed by atoms with Crippen molar-refractivity contribution in [3.05, 3.63) is 45.1 Å². The fourth-order valence-electron chi connectivity index (χ4n) is 1.74. The van der Waals surface area contributed by atoms with Gasteiger partial charge >= 0.3 is 0 Å². The topological polar surface area (TPSA) is 43.8 Å². The van der Waals surface area contributed by atoms with Gasteiger partial charge in [0.2, 0.25) is 0 Å². The maximum atomic E-state index is 5.97. The first-order chi connectivity index (χ1) is 8.60. The smallest absolute Gasteiger partial charge is 0.0788 e. The monoisotopic (exact) mass is 371 g/mol. The van der Waals surface area contributed by atoms with Gasteiger partial charge < -0.3 is 5.73 Å². The first-order valence-corrected chi connectivity index (χ1v) is 7.43. The van der Waals surface area contributed by atoms with Crippen LogP contribution in [0, 0.1) is 0 Å². The summed E-state index contributed by atoms with van der Waals surface area (Å²) in [7, 11) is 0. The van der Waals surface area contributed by atoms with Gasteiger partial charge in [-0.3, -0.25) is 0 Å². The number of hydrogen-bond donors (Lipinski definition) is 1. The zero-order chi connectivity index (χ0) is 13.1. The first-order valence-electron chi connectivity index (χ1n) is 5.84. The zero-order valence-electron chi connectivity index (χ0n) is 10.1. The van der Waals surface area contributed by atoms with E-state index in [0.717, 1.165) is 27.5 Å². The van der Waals surface area contributed by atoms with Crippen LogP contribution in [-0.4, -0.2) is 15.8 Å². The van der Waals surface area contributed by atoms with Gasteiger partial charge in [0.15, 0.2) is 0 Å². The molecule has 96 valence electrons. The molecule has 0 amide bonds. The van der Waals surface area contributed by atoms with Gasteiger partial charge in [-0.05, 0) is 62.4 Å². The van der Waals surface area contributed by atoms with Crippen LogP contribution in [0.1, 0.15) is 18.9 Å². The second kappa shape index (κ2) is 5.99. The van der Waals surface area contributed by atoms with Gasteiger partial charge in [-0.15, -0.1) is 0 Å². The molecule has 0 radical (unpaired) electrons. The summed E-state index contributed by atoms with van der Waals surface area (Å²) >= 11 is 6.98. The summed E-state index contributed by atoms with van der Waals surface area (Å²) in [4.78, 5) is 0. The van der Waals surface area contributed by atoms with Gasteiger partial charge in [0, 0.05) is 16.7 Å². The van der Waals surface area contributed by atoms with Crippen LogP contribution in [0.4, 0.5) is 0 Å². The maximum Gasteiger partial charge on any atom is 0.0788 e. The van der Waals surface area contributed by atoms with E-state index in [-0.39, 0.29) is 6.04 Å². The summed E-state index contributed by atoms with van der Waals surface area (Å²) in [6.45, 7) is 2.11. The molecule has 0 aliphatic carbocycles. The van der Waals surface area contributed by atoms with Crippen molar-refractivity contribution in [3.63, 3.8) is 0 Å². The molecule has 0 bridgehead atoms. The summed E-state index contributed by atoms with van der Waals surface area (Å²) in [5.74, 6) is 0. The molecule has 2 N–H and O–H groups in total. The van der Waals surface area contributed by atoms with E-state index in [1.54, 1.807) is 6.20 Å². The van der Waals surface area contributed by atoms with Crippen molar-refractivity contribution in [1.29, 1.82) is 0 Å². The number of hydrogen-bond acceptors (Lipinski definition) is 2. The number of aromatic nitrogens is 2. The second-order valence-electron chi connectivity index (χ2n) is 4.26. The van der Waals surface area contributed by atoms with Gasteiger partial charge in [-0.25, -0.2) is 4.68 Å². The first kappa shape index (κ1) is 13.8. The molecule has 3 nitrogen and oxygen atoms in total. The second-order valence-corrected chi connectivity index (χ2v) is 6.03. The number of nitrogens with two attached hydrogens (primary N) is 1. The third kappa shape index (κ3) is 3.22. The highest BCUT2D eigenvalue weighted by Gasteiger charge is 2.07. The summed E-state index contributed by atoms with van der Waals surface area (Å²) in [6.07, 6.45) is 5.59. The van der Waals surface area contributed by atoms with Gasteiger partial charge in [0.25, 0.3) is 0 Å². The van der Waals surface area contributed by atoms with Crippen molar-refractivity contribution >= 4 is 31.9 Å². The van der Waals surface area contributed by atoms with Crippen LogP contribution in [-0.2, 0) is 6.42 Å². The van der Waals surface area contributed by atoms with Crippen LogP contribution in [0.5, 0.6) is 0 Å². The maximum absolute atomic E-state index is 5.97. The minimum Gasteiger partial charge on any atom is -0.327 e. The Balaban J connectivity index is 2.25. The molecule has 1 aromatic carbocycles.